The highest BCUT2D eigenvalue weighted by Gasteiger charge is 2.21. The topological polar surface area (TPSA) is 87.0 Å². The van der Waals surface area contributed by atoms with Gasteiger partial charge in [-0.05, 0) is 24.5 Å². The van der Waals surface area contributed by atoms with E-state index in [-0.39, 0.29) is 5.25 Å². The number of nitrogens with zero attached hydrogens (tertiary/aromatic N) is 4. The summed E-state index contributed by atoms with van der Waals surface area (Å²) < 4.78 is 0. The fourth-order valence-corrected chi connectivity index (χ4v) is 2.91. The summed E-state index contributed by atoms with van der Waals surface area (Å²) in [5.74, 6) is 0. The number of aromatic amines is 1. The maximum Gasteiger partial charge on any atom is 0.231 e. The van der Waals surface area contributed by atoms with Gasteiger partial charge in [0.1, 0.15) is 0 Å². The Balaban J connectivity index is 2.02. The van der Waals surface area contributed by atoms with Gasteiger partial charge in [-0.3, -0.25) is 0 Å². The van der Waals surface area contributed by atoms with Crippen LogP contribution in [0.5, 0.6) is 0 Å². The number of oxime groups is 1. The predicted octanol–water partition coefficient (Wildman–Crippen LogP) is 1.84. The van der Waals surface area contributed by atoms with Crippen molar-refractivity contribution in [3.63, 3.8) is 0 Å². The van der Waals surface area contributed by atoms with Gasteiger partial charge in [0.05, 0.1) is 11.0 Å². The van der Waals surface area contributed by atoms with Crippen molar-refractivity contribution in [1.29, 1.82) is 0 Å². The van der Waals surface area contributed by atoms with Gasteiger partial charge in [0.25, 0.3) is 0 Å². The summed E-state index contributed by atoms with van der Waals surface area (Å²) in [6.45, 7) is 0. The molecule has 16 heavy (non-hydrogen) atoms. The Hall–Kier alpha value is -1.11. The Morgan fingerprint density at radius 2 is 2.19 bits per heavy atom. The van der Waals surface area contributed by atoms with Gasteiger partial charge in [0, 0.05) is 0 Å². The second kappa shape index (κ2) is 5.83. The van der Waals surface area contributed by atoms with Crippen molar-refractivity contribution in [1.82, 2.24) is 20.6 Å². The van der Waals surface area contributed by atoms with Crippen LogP contribution in [0.4, 0.5) is 0 Å². The number of rotatable bonds is 2. The van der Waals surface area contributed by atoms with Crippen LogP contribution >= 0.6 is 11.8 Å². The lowest BCUT2D eigenvalue weighted by Crippen LogP contribution is -2.19. The highest BCUT2D eigenvalue weighted by molar-refractivity contribution is 8.00. The van der Waals surface area contributed by atoms with Crippen LogP contribution in [-0.4, -0.2) is 36.8 Å². The van der Waals surface area contributed by atoms with E-state index in [9.17, 15) is 0 Å². The molecule has 0 saturated heterocycles. The first-order valence-electron chi connectivity index (χ1n) is 5.51. The Bertz CT molecular complexity index is 340. The number of hydrogen-bond acceptors (Lipinski definition) is 6. The van der Waals surface area contributed by atoms with Crippen LogP contribution in [0.3, 0.4) is 0 Å². The van der Waals surface area contributed by atoms with E-state index in [0.717, 1.165) is 31.4 Å². The first-order chi connectivity index (χ1) is 7.90. The molecule has 0 aromatic carbocycles. The summed E-state index contributed by atoms with van der Waals surface area (Å²) >= 11 is 1.52. The van der Waals surface area contributed by atoms with E-state index in [4.69, 9.17) is 5.21 Å². The number of aromatic nitrogens is 4. The molecule has 2 rings (SSSR count). The molecule has 1 atom stereocenters. The molecule has 0 aliphatic heterocycles. The van der Waals surface area contributed by atoms with Gasteiger partial charge in [-0.2, -0.15) is 5.21 Å². The van der Waals surface area contributed by atoms with Crippen LogP contribution < -0.4 is 0 Å². The largest absolute Gasteiger partial charge is 0.411 e. The van der Waals surface area contributed by atoms with Crippen LogP contribution in [0.1, 0.15) is 38.5 Å². The second-order valence-electron chi connectivity index (χ2n) is 3.85. The van der Waals surface area contributed by atoms with Gasteiger partial charge in [-0.1, -0.05) is 36.2 Å². The van der Waals surface area contributed by atoms with E-state index in [1.54, 1.807) is 0 Å². The molecule has 0 spiro atoms. The van der Waals surface area contributed by atoms with Gasteiger partial charge >= 0.3 is 0 Å². The minimum absolute atomic E-state index is 0.183. The van der Waals surface area contributed by atoms with Gasteiger partial charge in [-0.15, -0.1) is 10.2 Å². The maximum absolute atomic E-state index is 9.02. The lowest BCUT2D eigenvalue weighted by molar-refractivity contribution is 0.315. The van der Waals surface area contributed by atoms with Crippen LogP contribution in [0.25, 0.3) is 0 Å². The highest BCUT2D eigenvalue weighted by Crippen LogP contribution is 2.28. The third-order valence-electron chi connectivity index (χ3n) is 2.72. The predicted molar refractivity (Wildman–Crippen MR) is 60.7 cm³/mol. The third kappa shape index (κ3) is 2.94. The van der Waals surface area contributed by atoms with Gasteiger partial charge in [0.2, 0.25) is 5.16 Å². The van der Waals surface area contributed by atoms with Gasteiger partial charge in [0.15, 0.2) is 0 Å². The average molecular weight is 241 g/mol. The van der Waals surface area contributed by atoms with Crippen molar-refractivity contribution < 1.29 is 5.21 Å². The Morgan fingerprint density at radius 1 is 1.31 bits per heavy atom. The zero-order chi connectivity index (χ0) is 11.2. The molecule has 0 unspecified atom stereocenters. The third-order valence-corrected chi connectivity index (χ3v) is 3.90. The molecule has 1 heterocycles. The SMILES string of the molecule is O/N=C1\CCCCCC[C@@H]1Sc1nn[nH]n1. The molecule has 88 valence electrons. The van der Waals surface area contributed by atoms with Gasteiger partial charge in [-0.25, -0.2) is 0 Å². The van der Waals surface area contributed by atoms with E-state index in [1.165, 1.54) is 24.6 Å². The summed E-state index contributed by atoms with van der Waals surface area (Å²) in [6.07, 6.45) is 6.61. The van der Waals surface area contributed by atoms with E-state index in [2.05, 4.69) is 25.8 Å². The summed E-state index contributed by atoms with van der Waals surface area (Å²) in [5.41, 5.74) is 0.856. The standard InChI is InChI=1S/C9H15N5OS/c15-12-7-5-3-1-2-4-6-8(7)16-9-10-13-14-11-9/h8,15H,1-6H2,(H,10,11,13,14)/b12-7+/t8-/m0/s1. The minimum atomic E-state index is 0.183. The van der Waals surface area contributed by atoms with Gasteiger partial charge < -0.3 is 5.21 Å². The quantitative estimate of drug-likeness (QED) is 0.609. The number of thioether (sulfide) groups is 1. The van der Waals surface area contributed by atoms with Crippen LogP contribution in [0.15, 0.2) is 10.3 Å². The summed E-state index contributed by atoms with van der Waals surface area (Å²) in [5, 5.41) is 27.0. The monoisotopic (exact) mass is 241 g/mol. The summed E-state index contributed by atoms with van der Waals surface area (Å²) in [4.78, 5) is 0. The van der Waals surface area contributed by atoms with Crippen molar-refractivity contribution >= 4 is 17.5 Å². The maximum atomic E-state index is 9.02. The smallest absolute Gasteiger partial charge is 0.231 e. The lowest BCUT2D eigenvalue weighted by Gasteiger charge is -2.18. The summed E-state index contributed by atoms with van der Waals surface area (Å²) in [6, 6.07) is 0. The number of tetrazole rings is 1. The molecule has 6 nitrogen and oxygen atoms in total. The van der Waals surface area contributed by atoms with Crippen LogP contribution in [0, 0.1) is 0 Å². The average Bonchev–Trinajstić information content (AvgIpc) is 2.75. The van der Waals surface area contributed by atoms with Crippen LogP contribution in [-0.2, 0) is 0 Å². The van der Waals surface area contributed by atoms with Crippen molar-refractivity contribution in [3.8, 4) is 0 Å². The molecular formula is C9H15N5OS. The molecule has 7 heteroatoms. The van der Waals surface area contributed by atoms with Crippen molar-refractivity contribution in [3.05, 3.63) is 0 Å². The number of nitrogens with one attached hydrogen (secondary N) is 1. The number of H-pyrrole nitrogens is 1. The van der Waals surface area contributed by atoms with E-state index >= 15 is 0 Å². The molecule has 1 saturated carbocycles. The Morgan fingerprint density at radius 3 is 2.94 bits per heavy atom. The Labute approximate surface area is 97.9 Å². The number of hydrogen-bond donors (Lipinski definition) is 2. The van der Waals surface area contributed by atoms with Crippen molar-refractivity contribution in [2.24, 2.45) is 5.16 Å². The normalized spacial score (nSPS) is 25.2. The summed E-state index contributed by atoms with van der Waals surface area (Å²) in [7, 11) is 0. The lowest BCUT2D eigenvalue weighted by atomic mass is 9.99. The van der Waals surface area contributed by atoms with Crippen LogP contribution in [0.2, 0.25) is 0 Å². The first-order valence-corrected chi connectivity index (χ1v) is 6.39. The van der Waals surface area contributed by atoms with E-state index in [0.29, 0.717) is 5.16 Å². The molecule has 1 fully saturated rings. The highest BCUT2D eigenvalue weighted by atomic mass is 32.2. The second-order valence-corrected chi connectivity index (χ2v) is 5.01. The molecule has 0 bridgehead atoms. The van der Waals surface area contributed by atoms with Crippen molar-refractivity contribution in [2.45, 2.75) is 48.9 Å². The fourth-order valence-electron chi connectivity index (χ4n) is 1.89. The first kappa shape index (κ1) is 11.4. The molecule has 1 aromatic heterocycles. The molecule has 0 radical (unpaired) electrons. The molecule has 0 amide bonds. The van der Waals surface area contributed by atoms with Crippen molar-refractivity contribution in [2.75, 3.05) is 0 Å². The Kier molecular flexibility index (Phi) is 4.15. The minimum Gasteiger partial charge on any atom is -0.411 e. The zero-order valence-corrected chi connectivity index (χ0v) is 9.78. The molecule has 1 aliphatic carbocycles. The molecular weight excluding hydrogens is 226 g/mol. The molecule has 1 aliphatic rings. The van der Waals surface area contributed by atoms with E-state index in [1.807, 2.05) is 0 Å². The fraction of sp³-hybridized carbons (Fsp3) is 0.778. The van der Waals surface area contributed by atoms with E-state index < -0.39 is 0 Å². The molecule has 1 aromatic rings. The molecule has 2 N–H and O–H groups in total. The zero-order valence-electron chi connectivity index (χ0n) is 8.96.